The fourth-order valence-corrected chi connectivity index (χ4v) is 4.60. The number of pyridine rings is 1. The average molecular weight is 525 g/mol. The summed E-state index contributed by atoms with van der Waals surface area (Å²) in [7, 11) is 1.58. The van der Waals surface area contributed by atoms with E-state index in [1.54, 1.807) is 30.3 Å². The van der Waals surface area contributed by atoms with Crippen molar-refractivity contribution in [3.8, 4) is 28.4 Å². The number of fused-ring (bicyclic) bond motifs is 3. The second kappa shape index (κ2) is 12.9. The number of aromatic nitrogens is 1. The lowest BCUT2D eigenvalue weighted by molar-refractivity contribution is -0.134. The van der Waals surface area contributed by atoms with Crippen LogP contribution in [0.3, 0.4) is 0 Å². The molecule has 1 aliphatic heterocycles. The van der Waals surface area contributed by atoms with Crippen molar-refractivity contribution in [2.24, 2.45) is 0 Å². The average Bonchev–Trinajstić information content (AvgIpc) is 2.98. The van der Waals surface area contributed by atoms with Crippen LogP contribution in [0.15, 0.2) is 91.3 Å². The fourth-order valence-electron chi connectivity index (χ4n) is 4.60. The van der Waals surface area contributed by atoms with E-state index in [2.05, 4.69) is 35.3 Å². The predicted octanol–water partition coefficient (Wildman–Crippen LogP) is 5.16. The zero-order chi connectivity index (χ0) is 26.9. The molecular weight excluding hydrogens is 492 g/mol. The first-order chi connectivity index (χ1) is 19.2. The summed E-state index contributed by atoms with van der Waals surface area (Å²) in [4.78, 5) is 19.3. The van der Waals surface area contributed by atoms with Crippen LogP contribution in [0.25, 0.3) is 11.1 Å². The van der Waals surface area contributed by atoms with Crippen molar-refractivity contribution in [2.45, 2.75) is 13.0 Å². The third-order valence-electron chi connectivity index (χ3n) is 6.58. The third kappa shape index (κ3) is 6.94. The van der Waals surface area contributed by atoms with Gasteiger partial charge >= 0.3 is 0 Å². The molecule has 39 heavy (non-hydrogen) atoms. The Kier molecular flexibility index (Phi) is 8.71. The number of amides is 1. The summed E-state index contributed by atoms with van der Waals surface area (Å²) in [5, 5.41) is 0. The second-order valence-electron chi connectivity index (χ2n) is 9.28. The molecule has 5 rings (SSSR count). The van der Waals surface area contributed by atoms with Crippen LogP contribution in [0.2, 0.25) is 0 Å². The highest BCUT2D eigenvalue weighted by atomic mass is 16.5. The largest absolute Gasteiger partial charge is 0.493 e. The molecule has 2 bridgehead atoms. The van der Waals surface area contributed by atoms with Crippen molar-refractivity contribution in [2.75, 3.05) is 40.1 Å². The number of rotatable bonds is 5. The normalized spacial score (nSPS) is 13.9. The number of benzene rings is 3. The van der Waals surface area contributed by atoms with Gasteiger partial charge in [0.25, 0.3) is 5.91 Å². The van der Waals surface area contributed by atoms with Gasteiger partial charge in [-0.2, -0.15) is 0 Å². The zero-order valence-electron chi connectivity index (χ0n) is 22.0. The van der Waals surface area contributed by atoms with Gasteiger partial charge in [-0.25, -0.2) is 0 Å². The van der Waals surface area contributed by atoms with Gasteiger partial charge in [0.2, 0.25) is 0 Å². The maximum Gasteiger partial charge on any atom is 0.260 e. The molecule has 0 spiro atoms. The van der Waals surface area contributed by atoms with Gasteiger partial charge in [0, 0.05) is 37.5 Å². The quantitative estimate of drug-likeness (QED) is 0.359. The molecule has 0 N–H and O–H groups in total. The van der Waals surface area contributed by atoms with Crippen LogP contribution in [0, 0.1) is 0 Å². The zero-order valence-corrected chi connectivity index (χ0v) is 22.0. The van der Waals surface area contributed by atoms with E-state index in [1.165, 1.54) is 0 Å². The molecule has 7 heteroatoms. The Balaban J connectivity index is 1.36. The number of methoxy groups -OCH3 is 1. The van der Waals surface area contributed by atoms with Crippen LogP contribution in [0.1, 0.15) is 16.7 Å². The van der Waals surface area contributed by atoms with E-state index in [1.807, 2.05) is 42.6 Å². The van der Waals surface area contributed by atoms with Crippen molar-refractivity contribution in [3.63, 3.8) is 0 Å². The minimum atomic E-state index is -0.121. The van der Waals surface area contributed by atoms with Crippen LogP contribution >= 0.6 is 0 Å². The maximum atomic E-state index is 13.2. The van der Waals surface area contributed by atoms with E-state index in [4.69, 9.17) is 18.9 Å². The van der Waals surface area contributed by atoms with Crippen molar-refractivity contribution in [1.29, 1.82) is 0 Å². The fraction of sp³-hybridized carbons (Fsp3) is 0.250. The maximum absolute atomic E-state index is 13.2. The highest BCUT2D eigenvalue weighted by Crippen LogP contribution is 2.29. The molecule has 3 aromatic carbocycles. The molecule has 200 valence electrons. The Morgan fingerprint density at radius 1 is 0.897 bits per heavy atom. The van der Waals surface area contributed by atoms with Gasteiger partial charge in [-0.3, -0.25) is 9.78 Å². The van der Waals surface area contributed by atoms with E-state index >= 15 is 0 Å². The summed E-state index contributed by atoms with van der Waals surface area (Å²) in [5.74, 6) is 1.85. The number of ether oxygens (including phenoxy) is 4. The highest BCUT2D eigenvalue weighted by Gasteiger charge is 2.17. The minimum absolute atomic E-state index is 0.0896. The van der Waals surface area contributed by atoms with Gasteiger partial charge in [-0.05, 0) is 52.6 Å². The summed E-state index contributed by atoms with van der Waals surface area (Å²) in [6.07, 6.45) is 4.34. The summed E-state index contributed by atoms with van der Waals surface area (Å²) < 4.78 is 23.1. The standard InChI is InChI=1S/C32H32N2O5/c1-36-30-9-2-3-10-31(30)39-23-32(35)34-14-15-37-16-17-38-29-12-11-26(27-8-5-13-33-21-27)20-28(29)19-24-6-4-7-25(18-24)22-34/h2-13,18,20-21H,14-17,19,22-23H2,1H3. The number of hydrogen-bond acceptors (Lipinski definition) is 6. The first-order valence-corrected chi connectivity index (χ1v) is 13.0. The SMILES string of the molecule is COc1ccccc1OCC(=O)N1CCOCCOc2ccc(-c3cccnc3)cc2Cc2cccc(c2)C1. The number of nitrogens with zero attached hydrogens (tertiary/aromatic N) is 2. The first kappa shape index (κ1) is 26.3. The number of para-hydroxylation sites is 2. The Morgan fingerprint density at radius 2 is 1.77 bits per heavy atom. The summed E-state index contributed by atoms with van der Waals surface area (Å²) >= 11 is 0. The summed E-state index contributed by atoms with van der Waals surface area (Å²) in [6.45, 7) is 2.07. The molecule has 0 saturated carbocycles. The van der Waals surface area contributed by atoms with Crippen LogP contribution in [0.5, 0.6) is 17.2 Å². The molecule has 1 aromatic heterocycles. The van der Waals surface area contributed by atoms with Crippen LogP contribution < -0.4 is 14.2 Å². The summed E-state index contributed by atoms with van der Waals surface area (Å²) in [5.41, 5.74) is 5.42. The van der Waals surface area contributed by atoms with Gasteiger partial charge in [0.05, 0.1) is 20.3 Å². The van der Waals surface area contributed by atoms with E-state index in [0.717, 1.165) is 33.6 Å². The molecule has 0 saturated heterocycles. The van der Waals surface area contributed by atoms with Gasteiger partial charge in [-0.1, -0.05) is 48.5 Å². The highest BCUT2D eigenvalue weighted by molar-refractivity contribution is 5.78. The smallest absolute Gasteiger partial charge is 0.260 e. The molecule has 0 unspecified atom stereocenters. The van der Waals surface area contributed by atoms with Gasteiger partial charge < -0.3 is 23.8 Å². The van der Waals surface area contributed by atoms with Crippen LogP contribution in [0.4, 0.5) is 0 Å². The molecule has 1 aliphatic rings. The van der Waals surface area contributed by atoms with E-state index in [-0.39, 0.29) is 12.5 Å². The second-order valence-corrected chi connectivity index (χ2v) is 9.28. The van der Waals surface area contributed by atoms with E-state index in [0.29, 0.717) is 50.8 Å². The molecule has 0 radical (unpaired) electrons. The Bertz CT molecular complexity index is 1390. The molecule has 7 nitrogen and oxygen atoms in total. The number of hydrogen-bond donors (Lipinski definition) is 0. The molecule has 2 heterocycles. The van der Waals surface area contributed by atoms with Gasteiger partial charge in [-0.15, -0.1) is 0 Å². The third-order valence-corrected chi connectivity index (χ3v) is 6.58. The van der Waals surface area contributed by atoms with Crippen molar-refractivity contribution in [1.82, 2.24) is 9.88 Å². The Hall–Kier alpha value is -4.36. The van der Waals surface area contributed by atoms with Crippen molar-refractivity contribution >= 4 is 5.91 Å². The molecule has 0 fully saturated rings. The van der Waals surface area contributed by atoms with Crippen LogP contribution in [-0.2, 0) is 22.5 Å². The topological polar surface area (TPSA) is 70.1 Å². The van der Waals surface area contributed by atoms with E-state index < -0.39 is 0 Å². The van der Waals surface area contributed by atoms with Gasteiger partial charge in [0.1, 0.15) is 12.4 Å². The molecule has 0 aliphatic carbocycles. The predicted molar refractivity (Wildman–Crippen MR) is 149 cm³/mol. The molecular formula is C32H32N2O5. The minimum Gasteiger partial charge on any atom is -0.493 e. The van der Waals surface area contributed by atoms with Crippen molar-refractivity contribution < 1.29 is 23.7 Å². The van der Waals surface area contributed by atoms with E-state index in [9.17, 15) is 4.79 Å². The monoisotopic (exact) mass is 524 g/mol. The Labute approximate surface area is 228 Å². The lowest BCUT2D eigenvalue weighted by atomic mass is 9.98. The lowest BCUT2D eigenvalue weighted by Crippen LogP contribution is -2.37. The number of carbonyl (C=O) groups is 1. The lowest BCUT2D eigenvalue weighted by Gasteiger charge is -2.24. The molecule has 1 amide bonds. The molecule has 0 atom stereocenters. The van der Waals surface area contributed by atoms with Gasteiger partial charge in [0.15, 0.2) is 18.1 Å². The first-order valence-electron chi connectivity index (χ1n) is 13.0. The van der Waals surface area contributed by atoms with Crippen LogP contribution in [-0.4, -0.2) is 55.9 Å². The Morgan fingerprint density at radius 3 is 2.62 bits per heavy atom. The molecule has 4 aromatic rings. The number of carbonyl (C=O) groups excluding carboxylic acids is 1. The summed E-state index contributed by atoms with van der Waals surface area (Å²) in [6, 6.07) is 25.9. The van der Waals surface area contributed by atoms with Crippen molar-refractivity contribution in [3.05, 3.63) is 108 Å².